The summed E-state index contributed by atoms with van der Waals surface area (Å²) in [6, 6.07) is 153. The normalized spacial score (nSPS) is 11.7. The molecule has 1 aliphatic rings. The third-order valence-electron chi connectivity index (χ3n) is 18.5. The van der Waals surface area contributed by atoms with Gasteiger partial charge in [0.25, 0.3) is 21.6 Å². The Kier molecular flexibility index (Phi) is 45.3. The van der Waals surface area contributed by atoms with Crippen molar-refractivity contribution in [2.24, 2.45) is 0 Å². The molecule has 0 aromatic heterocycles. The van der Waals surface area contributed by atoms with Gasteiger partial charge in [0.15, 0.2) is 20.2 Å². The molecule has 0 saturated carbocycles. The van der Waals surface area contributed by atoms with Crippen LogP contribution in [0.5, 0.6) is 0 Å². The van der Waals surface area contributed by atoms with E-state index >= 15 is 0 Å². The summed E-state index contributed by atoms with van der Waals surface area (Å²) in [6.07, 6.45) is 4.83. The fourth-order valence-corrected chi connectivity index (χ4v) is 29.2. The van der Waals surface area contributed by atoms with E-state index in [0.29, 0.717) is 0 Å². The van der Waals surface area contributed by atoms with Crippen LogP contribution >= 0.6 is 93.9 Å². The Morgan fingerprint density at radius 1 is 0.278 bits per heavy atom. The van der Waals surface area contributed by atoms with E-state index in [0.717, 1.165) is 0 Å². The van der Waals surface area contributed by atoms with Crippen LogP contribution in [0.15, 0.2) is 400 Å². The van der Waals surface area contributed by atoms with E-state index in [9.17, 15) is 26.3 Å². The van der Waals surface area contributed by atoms with Crippen LogP contribution in [0.2, 0.25) is 0 Å². The largest absolute Gasteiger partial charge is 0.741 e. The number of rotatable bonds is 20. The van der Waals surface area contributed by atoms with Crippen molar-refractivity contribution in [3.05, 3.63) is 413 Å². The third kappa shape index (κ3) is 31.4. The first-order valence-electron chi connectivity index (χ1n) is 38.2. The smallest absolute Gasteiger partial charge is 0.485 e. The minimum atomic E-state index is -6.09. The predicted molar refractivity (Wildman–Crippen MR) is 515 cm³/mol. The van der Waals surface area contributed by atoms with Crippen molar-refractivity contribution < 1.29 is 115 Å². The second-order valence-corrected chi connectivity index (χ2v) is 46.8. The van der Waals surface area contributed by atoms with Gasteiger partial charge < -0.3 is 9.11 Å². The fraction of sp³-hybridized carbons (Fsp3) is 0.102. The first kappa shape index (κ1) is 105. The minimum Gasteiger partial charge on any atom is -0.741 e. The Morgan fingerprint density at radius 3 is 0.556 bits per heavy atom. The molecule has 1 fully saturated rings. The van der Waals surface area contributed by atoms with E-state index in [4.69, 9.17) is 72.3 Å². The Morgan fingerprint density at radius 2 is 0.421 bits per heavy atom. The molecule has 0 radical (unpaired) electrons. The summed E-state index contributed by atoms with van der Waals surface area (Å²) in [6.45, 7) is 0. The molecule has 6 nitrogen and oxygen atoms in total. The molecule has 0 bridgehead atoms. The summed E-state index contributed by atoms with van der Waals surface area (Å²) >= 11 is 19.1. The fourth-order valence-electron chi connectivity index (χ4n) is 13.1. The summed E-state index contributed by atoms with van der Waals surface area (Å²) < 4.78 is 118. The minimum absolute atomic E-state index is 0. The SMILES string of the molecule is C1[Cl+]C[Cl+]1.ClCCl.ClCCl.O=S(=O)([O-])C(F)(F)F.O=S(=O)([O-])C(F)(F)F.[Pd].[Pd].[c-]1cc2ccc(P(c3ccccc3)c3ccccc3)c3[c-]cc4ccc(P(c5ccccc5)c5ccccc5)c1c4c23.c1ccc(P(CCP(c2ccccc2)c2ccccc2)c2ccccc2)cc1.c1ccc(P(CCP(c2ccccc2)c2ccccc2)c2ccccc2)cc1. The monoisotopic (exact) mass is 2140 g/mol. The molecule has 17 rings (SSSR count). The van der Waals surface area contributed by atoms with Crippen LogP contribution in [0, 0.1) is 33.7 Å². The standard InChI is InChI=1S/C40H26P2.2C26H24P2.C2H4Cl2.2CH2Cl2.2CHF3O3S.2Pd/c1-5-13-31(14-6-1)41(32-15-7-2-8-16-32)37-27-23-29-22-26-36-38(28-24-30-21-25-35(37)39(29)40(30)36)42(33-17-9-3-10-18-33)34-19-11-4-12-20-34;2*1-5-13-23(14-6-1)27(24-15-7-2-8-16-24)21-22-28(25-17-9-3-10-18-25)26-19-11-4-12-20-26;1-3-2-4-1;2*2-1-3;2*2-1(3,4)8(5,6)7;;/h1-24,27-28H;2*1-20H,21-22H2;1-2H2;2*1H2;2*(H,5,6,7);;/q-2;;;+2;;;;;;/p-2. The van der Waals surface area contributed by atoms with Crippen molar-refractivity contribution in [3.8, 4) is 0 Å². The van der Waals surface area contributed by atoms with Gasteiger partial charge in [-0.2, -0.15) is 47.9 Å². The maximum Gasteiger partial charge on any atom is 0.485 e. The van der Waals surface area contributed by atoms with Crippen molar-refractivity contribution in [1.29, 1.82) is 0 Å². The number of alkyl halides is 14. The molecule has 1 saturated heterocycles. The molecule has 0 unspecified atom stereocenters. The van der Waals surface area contributed by atoms with E-state index in [1.807, 2.05) is 0 Å². The molecule has 16 aromatic carbocycles. The van der Waals surface area contributed by atoms with E-state index in [1.54, 1.807) is 0 Å². The molecule has 126 heavy (non-hydrogen) atoms. The average molecular weight is 2150 g/mol. The third-order valence-corrected chi connectivity index (χ3v) is 37.6. The molecule has 658 valence electrons. The van der Waals surface area contributed by atoms with Gasteiger partial charge in [0.1, 0.15) is 0 Å². The van der Waals surface area contributed by atoms with Gasteiger partial charge in [0.05, 0.1) is 10.7 Å². The Hall–Kier alpha value is -6.40. The van der Waals surface area contributed by atoms with Crippen LogP contribution in [0.25, 0.3) is 32.3 Å². The predicted octanol–water partition coefficient (Wildman–Crippen LogP) is 21.2. The zero-order valence-electron chi connectivity index (χ0n) is 66.9. The van der Waals surface area contributed by atoms with Gasteiger partial charge in [-0.15, -0.1) is 106 Å². The topological polar surface area (TPSA) is 114 Å². The van der Waals surface area contributed by atoms with Crippen molar-refractivity contribution >= 4 is 221 Å². The zero-order valence-corrected chi connectivity index (χ0v) is 81.5. The zero-order chi connectivity index (χ0) is 88.2. The van der Waals surface area contributed by atoms with Crippen molar-refractivity contribution in [2.45, 2.75) is 11.0 Å². The van der Waals surface area contributed by atoms with Crippen LogP contribution < -0.4 is 74.3 Å². The number of halogens is 12. The summed E-state index contributed by atoms with van der Waals surface area (Å²) in [5.41, 5.74) is -11.3. The molecule has 1 heterocycles. The van der Waals surface area contributed by atoms with E-state index in [1.165, 1.54) is 142 Å². The summed E-state index contributed by atoms with van der Waals surface area (Å²) in [5, 5.41) is 30.2. The van der Waals surface area contributed by atoms with Crippen LogP contribution in [-0.4, -0.2) is 83.0 Å². The first-order valence-corrected chi connectivity index (χ1v) is 54.1. The summed E-state index contributed by atoms with van der Waals surface area (Å²) in [5.74, 6) is 0. The number of hydrogen-bond acceptors (Lipinski definition) is 6. The molecule has 16 aromatic rings. The molecule has 0 aliphatic carbocycles. The van der Waals surface area contributed by atoms with E-state index in [-0.39, 0.29) is 83.2 Å². The Balaban J connectivity index is 0.000000207. The van der Waals surface area contributed by atoms with Crippen LogP contribution in [0.3, 0.4) is 0 Å². The molecule has 0 spiro atoms. The van der Waals surface area contributed by atoms with Crippen LogP contribution in [0.1, 0.15) is 0 Å². The van der Waals surface area contributed by atoms with Gasteiger partial charge in [-0.1, -0.05) is 390 Å². The van der Waals surface area contributed by atoms with Crippen molar-refractivity contribution in [2.75, 3.05) is 46.0 Å². The molecule has 28 heteroatoms. The van der Waals surface area contributed by atoms with Gasteiger partial charge in [0.2, 0.25) is 0 Å². The van der Waals surface area contributed by atoms with Gasteiger partial charge in [-0.05, 0) is 120 Å². The summed E-state index contributed by atoms with van der Waals surface area (Å²) in [4.78, 5) is 0. The van der Waals surface area contributed by atoms with E-state index < -0.39 is 47.1 Å². The number of benzene rings is 16. The average Bonchev–Trinajstić information content (AvgIpc) is 0.720. The summed E-state index contributed by atoms with van der Waals surface area (Å²) in [7, 11) is -10.4. The second kappa shape index (κ2) is 54.4. The molecule has 0 N–H and O–H groups in total. The number of hydrogen-bond donors (Lipinski definition) is 0. The van der Waals surface area contributed by atoms with Gasteiger partial charge in [0, 0.05) is 40.8 Å². The second-order valence-electron chi connectivity index (χ2n) is 26.3. The molecular weight excluding hydrogens is 2060 g/mol. The van der Waals surface area contributed by atoms with Gasteiger partial charge in [-0.25, -0.2) is 16.8 Å². The van der Waals surface area contributed by atoms with Gasteiger partial charge in [-0.3, -0.25) is 0 Å². The maximum atomic E-state index is 10.7. The quantitative estimate of drug-likeness (QED) is 0.0110. The van der Waals surface area contributed by atoms with Gasteiger partial charge >= 0.3 is 21.7 Å². The maximum absolute atomic E-state index is 10.7. The molecular formula is C98H82Cl6F6O6P6Pd2S2-2. The van der Waals surface area contributed by atoms with E-state index in [2.05, 4.69) is 434 Å². The van der Waals surface area contributed by atoms with Crippen molar-refractivity contribution in [1.82, 2.24) is 0 Å². The van der Waals surface area contributed by atoms with Crippen LogP contribution in [-0.2, 0) is 61.1 Å². The molecule has 0 atom stereocenters. The molecule has 1 aliphatic heterocycles. The first-order chi connectivity index (χ1) is 60.0. The van der Waals surface area contributed by atoms with Crippen LogP contribution in [0.4, 0.5) is 26.3 Å². The van der Waals surface area contributed by atoms with Crippen molar-refractivity contribution in [3.63, 3.8) is 0 Å². The Bertz CT molecular complexity index is 5240. The Labute approximate surface area is 797 Å². The molecule has 0 amide bonds.